The van der Waals surface area contributed by atoms with Crippen LogP contribution in [0.5, 0.6) is 0 Å². The molecule has 1 N–H and O–H groups in total. The second-order valence-electron chi connectivity index (χ2n) is 7.34. The van der Waals surface area contributed by atoms with Crippen LogP contribution in [-0.4, -0.2) is 51.1 Å². The van der Waals surface area contributed by atoms with Gasteiger partial charge in [-0.15, -0.1) is 11.6 Å². The van der Waals surface area contributed by atoms with Crippen LogP contribution in [0.3, 0.4) is 0 Å². The number of carbonyl (C=O) groups is 2. The van der Waals surface area contributed by atoms with Crippen molar-refractivity contribution in [2.45, 2.75) is 25.1 Å². The molecule has 0 bridgehead atoms. The molecule has 32 heavy (non-hydrogen) atoms. The molecule has 0 aromatic carbocycles. The van der Waals surface area contributed by atoms with Crippen LogP contribution in [0, 0.1) is 0 Å². The zero-order valence-corrected chi connectivity index (χ0v) is 18.0. The summed E-state index contributed by atoms with van der Waals surface area (Å²) in [4.78, 5) is 30.1. The van der Waals surface area contributed by atoms with Crippen molar-refractivity contribution in [3.63, 3.8) is 0 Å². The highest BCUT2D eigenvalue weighted by atomic mass is 35.5. The van der Waals surface area contributed by atoms with Gasteiger partial charge in [0.05, 0.1) is 18.1 Å². The number of likely N-dealkylation sites (tertiary alicyclic amines) is 1. The molecule has 1 aliphatic rings. The molecule has 1 unspecified atom stereocenters. The quantitative estimate of drug-likeness (QED) is 0.545. The minimum atomic E-state index is -4.72. The van der Waals surface area contributed by atoms with Crippen LogP contribution in [0.1, 0.15) is 28.9 Å². The van der Waals surface area contributed by atoms with Crippen LogP contribution >= 0.6 is 23.2 Å². The minimum absolute atomic E-state index is 0.156. The summed E-state index contributed by atoms with van der Waals surface area (Å²) in [6, 6.07) is 2.18. The Morgan fingerprint density at radius 2 is 2.09 bits per heavy atom. The topological polar surface area (TPSA) is 79.8 Å². The molecule has 170 valence electrons. The van der Waals surface area contributed by atoms with Gasteiger partial charge in [0.1, 0.15) is 5.15 Å². The van der Waals surface area contributed by atoms with Gasteiger partial charge in [-0.3, -0.25) is 14.0 Å². The number of fused-ring (bicyclic) bond motifs is 1. The van der Waals surface area contributed by atoms with Crippen molar-refractivity contribution in [3.05, 3.63) is 47.3 Å². The molecule has 0 aliphatic carbocycles. The highest BCUT2D eigenvalue weighted by Gasteiger charge is 2.37. The van der Waals surface area contributed by atoms with Gasteiger partial charge >= 0.3 is 6.18 Å². The van der Waals surface area contributed by atoms with Gasteiger partial charge in [-0.1, -0.05) is 11.6 Å². The predicted octanol–water partition coefficient (Wildman–Crippen LogP) is 4.23. The molecular formula is C20H17Cl2F3N4O3. The summed E-state index contributed by atoms with van der Waals surface area (Å²) in [5.74, 6) is -0.655. The maximum atomic E-state index is 13.8. The molecule has 1 saturated heterocycles. The third-order valence-corrected chi connectivity index (χ3v) is 5.74. The molecule has 7 nitrogen and oxygen atoms in total. The number of alkyl halides is 4. The Morgan fingerprint density at radius 3 is 2.75 bits per heavy atom. The SMILES string of the molecule is O=C(CCCl)NC1CCN(C(=O)c2nc3c(C(F)(F)F)cc(-c4ccoc4)cn3c2Cl)C1. The predicted molar refractivity (Wildman–Crippen MR) is 111 cm³/mol. The molecule has 3 aromatic rings. The average Bonchev–Trinajstić information content (AvgIpc) is 3.47. The number of amides is 2. The number of halogens is 5. The van der Waals surface area contributed by atoms with E-state index in [-0.39, 0.29) is 47.2 Å². The Hall–Kier alpha value is -2.72. The molecule has 12 heteroatoms. The van der Waals surface area contributed by atoms with E-state index in [4.69, 9.17) is 27.6 Å². The molecular weight excluding hydrogens is 472 g/mol. The first kappa shape index (κ1) is 22.5. The second-order valence-corrected chi connectivity index (χ2v) is 8.08. The lowest BCUT2D eigenvalue weighted by molar-refractivity contribution is -0.136. The maximum Gasteiger partial charge on any atom is 0.420 e. The maximum absolute atomic E-state index is 13.8. The van der Waals surface area contributed by atoms with E-state index >= 15 is 0 Å². The monoisotopic (exact) mass is 488 g/mol. The molecule has 4 heterocycles. The van der Waals surface area contributed by atoms with Crippen LogP contribution in [0.2, 0.25) is 5.15 Å². The fourth-order valence-electron chi connectivity index (χ4n) is 3.65. The molecule has 0 saturated carbocycles. The van der Waals surface area contributed by atoms with Crippen LogP contribution in [0.4, 0.5) is 13.2 Å². The first-order valence-corrected chi connectivity index (χ1v) is 10.6. The lowest BCUT2D eigenvalue weighted by atomic mass is 10.1. The molecule has 4 rings (SSSR count). The highest BCUT2D eigenvalue weighted by Crippen LogP contribution is 2.37. The summed E-state index contributed by atoms with van der Waals surface area (Å²) in [6.07, 6.45) is -0.0388. The van der Waals surface area contributed by atoms with Gasteiger partial charge in [0.15, 0.2) is 11.3 Å². The van der Waals surface area contributed by atoms with Gasteiger partial charge in [-0.25, -0.2) is 4.98 Å². The molecule has 2 amide bonds. The second kappa shape index (κ2) is 8.67. The summed E-state index contributed by atoms with van der Waals surface area (Å²) >= 11 is 11.9. The Balaban J connectivity index is 1.67. The van der Waals surface area contributed by atoms with Gasteiger partial charge in [-0.05, 0) is 18.6 Å². The minimum Gasteiger partial charge on any atom is -0.472 e. The van der Waals surface area contributed by atoms with Crippen LogP contribution in [0.25, 0.3) is 16.8 Å². The first-order chi connectivity index (χ1) is 15.2. The van der Waals surface area contributed by atoms with Crippen molar-refractivity contribution < 1.29 is 27.2 Å². The molecule has 0 radical (unpaired) electrons. The number of imidazole rings is 1. The van der Waals surface area contributed by atoms with Crippen molar-refractivity contribution in [2.75, 3.05) is 19.0 Å². The zero-order valence-electron chi connectivity index (χ0n) is 16.5. The largest absolute Gasteiger partial charge is 0.472 e. The Morgan fingerprint density at radius 1 is 1.31 bits per heavy atom. The van der Waals surface area contributed by atoms with Gasteiger partial charge in [0, 0.05) is 48.8 Å². The Bertz CT molecular complexity index is 1160. The normalized spacial score (nSPS) is 16.7. The third kappa shape index (κ3) is 4.29. The van der Waals surface area contributed by atoms with E-state index in [0.717, 1.165) is 10.5 Å². The summed E-state index contributed by atoms with van der Waals surface area (Å²) in [7, 11) is 0. The number of pyridine rings is 1. The highest BCUT2D eigenvalue weighted by molar-refractivity contribution is 6.33. The van der Waals surface area contributed by atoms with E-state index in [1.54, 1.807) is 0 Å². The summed E-state index contributed by atoms with van der Waals surface area (Å²) in [5, 5.41) is 2.55. The van der Waals surface area contributed by atoms with Crippen molar-refractivity contribution >= 4 is 40.7 Å². The number of nitrogens with zero attached hydrogens (tertiary/aromatic N) is 3. The van der Waals surface area contributed by atoms with E-state index in [1.807, 2.05) is 0 Å². The average molecular weight is 489 g/mol. The van der Waals surface area contributed by atoms with Crippen molar-refractivity contribution in [1.82, 2.24) is 19.6 Å². The number of aromatic nitrogens is 2. The van der Waals surface area contributed by atoms with E-state index in [2.05, 4.69) is 10.3 Å². The Kier molecular flexibility index (Phi) is 6.09. The zero-order chi connectivity index (χ0) is 23.0. The standard InChI is InChI=1S/C20H17Cl2F3N4O3/c21-4-1-15(30)26-13-2-5-28(9-13)19(31)16-17(22)29-8-12(11-3-6-32-10-11)7-14(18(29)27-16)20(23,24)25/h3,6-8,10,13H,1-2,4-5,9H2,(H,26,30). The first-order valence-electron chi connectivity index (χ1n) is 9.65. The molecule has 3 aromatic heterocycles. The molecule has 1 aliphatic heterocycles. The van der Waals surface area contributed by atoms with Gasteiger partial charge < -0.3 is 14.6 Å². The Labute approximate surface area is 190 Å². The van der Waals surface area contributed by atoms with Crippen molar-refractivity contribution in [2.24, 2.45) is 0 Å². The number of carbonyl (C=O) groups excluding carboxylic acids is 2. The molecule has 1 fully saturated rings. The smallest absolute Gasteiger partial charge is 0.420 e. The molecule has 1 atom stereocenters. The lowest BCUT2D eigenvalue weighted by Gasteiger charge is -2.16. The molecule has 0 spiro atoms. The summed E-state index contributed by atoms with van der Waals surface area (Å²) in [6.45, 7) is 0.505. The van der Waals surface area contributed by atoms with E-state index < -0.39 is 23.3 Å². The number of rotatable bonds is 5. The van der Waals surface area contributed by atoms with E-state index in [9.17, 15) is 22.8 Å². The van der Waals surface area contributed by atoms with Crippen LogP contribution < -0.4 is 5.32 Å². The lowest BCUT2D eigenvalue weighted by Crippen LogP contribution is -2.38. The third-order valence-electron chi connectivity index (χ3n) is 5.19. The van der Waals surface area contributed by atoms with Gasteiger partial charge in [-0.2, -0.15) is 13.2 Å². The van der Waals surface area contributed by atoms with Crippen LogP contribution in [0.15, 0.2) is 35.3 Å². The fraction of sp³-hybridized carbons (Fsp3) is 0.350. The number of furan rings is 1. The van der Waals surface area contributed by atoms with E-state index in [0.29, 0.717) is 18.5 Å². The number of hydrogen-bond donors (Lipinski definition) is 1. The van der Waals surface area contributed by atoms with Crippen LogP contribution in [-0.2, 0) is 11.0 Å². The van der Waals surface area contributed by atoms with Crippen molar-refractivity contribution in [1.29, 1.82) is 0 Å². The number of hydrogen-bond acceptors (Lipinski definition) is 4. The van der Waals surface area contributed by atoms with Crippen molar-refractivity contribution in [3.8, 4) is 11.1 Å². The fourth-order valence-corrected chi connectivity index (χ4v) is 4.07. The van der Waals surface area contributed by atoms with E-state index in [1.165, 1.54) is 29.7 Å². The number of nitrogens with one attached hydrogen (secondary N) is 1. The van der Waals surface area contributed by atoms with Gasteiger partial charge in [0.2, 0.25) is 5.91 Å². The summed E-state index contributed by atoms with van der Waals surface area (Å²) in [5.41, 5.74) is -1.14. The van der Waals surface area contributed by atoms with Gasteiger partial charge in [0.25, 0.3) is 5.91 Å². The summed E-state index contributed by atoms with van der Waals surface area (Å²) < 4.78 is 47.3.